The zero-order valence-electron chi connectivity index (χ0n) is 11.3. The standard InChI is InChI=1S/C13H11N5O3/c1-18-11(19)6-4-9(16-18)13-15-12(17-21-13)8-3-5-10(20-2)14-7-8/h3-7H,1-2H3. The number of methoxy groups -OCH3 is 1. The minimum Gasteiger partial charge on any atom is -0.481 e. The highest BCUT2D eigenvalue weighted by molar-refractivity contribution is 5.56. The molecule has 8 heteroatoms. The van der Waals surface area contributed by atoms with E-state index in [1.807, 2.05) is 0 Å². The van der Waals surface area contributed by atoms with Crippen LogP contribution in [0.15, 0.2) is 39.8 Å². The van der Waals surface area contributed by atoms with Crippen molar-refractivity contribution in [2.45, 2.75) is 0 Å². The molecule has 0 unspecified atom stereocenters. The van der Waals surface area contributed by atoms with Gasteiger partial charge in [-0.15, -0.1) is 0 Å². The van der Waals surface area contributed by atoms with E-state index >= 15 is 0 Å². The molecule has 3 heterocycles. The van der Waals surface area contributed by atoms with Crippen LogP contribution in [-0.2, 0) is 7.05 Å². The van der Waals surface area contributed by atoms with E-state index in [0.717, 1.165) is 0 Å². The van der Waals surface area contributed by atoms with Gasteiger partial charge in [-0.1, -0.05) is 5.16 Å². The van der Waals surface area contributed by atoms with Gasteiger partial charge < -0.3 is 9.26 Å². The number of nitrogens with zero attached hydrogens (tertiary/aromatic N) is 5. The van der Waals surface area contributed by atoms with E-state index in [1.165, 1.54) is 16.8 Å². The van der Waals surface area contributed by atoms with Gasteiger partial charge in [-0.2, -0.15) is 10.1 Å². The number of aromatic nitrogens is 5. The highest BCUT2D eigenvalue weighted by Crippen LogP contribution is 2.20. The van der Waals surface area contributed by atoms with Crippen LogP contribution < -0.4 is 10.3 Å². The van der Waals surface area contributed by atoms with Gasteiger partial charge in [-0.05, 0) is 12.1 Å². The van der Waals surface area contributed by atoms with Crippen LogP contribution in [0.2, 0.25) is 0 Å². The molecule has 3 rings (SSSR count). The average Bonchev–Trinajstić information content (AvgIpc) is 3.00. The van der Waals surface area contributed by atoms with Crippen molar-refractivity contribution in [2.24, 2.45) is 7.05 Å². The lowest BCUT2D eigenvalue weighted by Gasteiger charge is -1.98. The molecule has 0 aliphatic carbocycles. The van der Waals surface area contributed by atoms with Crippen molar-refractivity contribution in [3.8, 4) is 28.9 Å². The first-order valence-electron chi connectivity index (χ1n) is 6.06. The van der Waals surface area contributed by atoms with Crippen LogP contribution in [0.25, 0.3) is 23.0 Å². The molecule has 21 heavy (non-hydrogen) atoms. The van der Waals surface area contributed by atoms with E-state index in [9.17, 15) is 4.79 Å². The molecule has 106 valence electrons. The fraction of sp³-hybridized carbons (Fsp3) is 0.154. The lowest BCUT2D eigenvalue weighted by atomic mass is 10.3. The molecule has 0 saturated carbocycles. The Morgan fingerprint density at radius 1 is 1.24 bits per heavy atom. The average molecular weight is 285 g/mol. The zero-order chi connectivity index (χ0) is 14.8. The molecule has 0 aromatic carbocycles. The topological polar surface area (TPSA) is 95.9 Å². The van der Waals surface area contributed by atoms with Gasteiger partial charge in [0.15, 0.2) is 0 Å². The molecule has 0 aliphatic rings. The molecule has 0 spiro atoms. The van der Waals surface area contributed by atoms with Crippen molar-refractivity contribution >= 4 is 0 Å². The lowest BCUT2D eigenvalue weighted by Crippen LogP contribution is -2.18. The van der Waals surface area contributed by atoms with Crippen LogP contribution in [0.4, 0.5) is 0 Å². The number of hydrogen-bond donors (Lipinski definition) is 0. The fourth-order valence-corrected chi connectivity index (χ4v) is 1.69. The van der Waals surface area contributed by atoms with Crippen LogP contribution in [0.5, 0.6) is 5.88 Å². The van der Waals surface area contributed by atoms with E-state index in [4.69, 9.17) is 9.26 Å². The maximum Gasteiger partial charge on any atom is 0.278 e. The summed E-state index contributed by atoms with van der Waals surface area (Å²) < 4.78 is 11.3. The third kappa shape index (κ3) is 2.50. The van der Waals surface area contributed by atoms with Crippen LogP contribution >= 0.6 is 0 Å². The molecule has 0 amide bonds. The predicted octanol–water partition coefficient (Wildman–Crippen LogP) is 0.901. The molecule has 0 atom stereocenters. The summed E-state index contributed by atoms with van der Waals surface area (Å²) in [5, 5.41) is 7.93. The third-order valence-electron chi connectivity index (χ3n) is 2.81. The summed E-state index contributed by atoms with van der Waals surface area (Å²) in [6, 6.07) is 6.40. The first kappa shape index (κ1) is 13.0. The second kappa shape index (κ2) is 5.16. The van der Waals surface area contributed by atoms with Gasteiger partial charge in [-0.25, -0.2) is 9.67 Å². The largest absolute Gasteiger partial charge is 0.481 e. The lowest BCUT2D eigenvalue weighted by molar-refractivity contribution is 0.398. The second-order valence-corrected chi connectivity index (χ2v) is 4.19. The Balaban J connectivity index is 1.95. The summed E-state index contributed by atoms with van der Waals surface area (Å²) in [6.07, 6.45) is 1.58. The van der Waals surface area contributed by atoms with E-state index < -0.39 is 0 Å². The second-order valence-electron chi connectivity index (χ2n) is 4.19. The van der Waals surface area contributed by atoms with Gasteiger partial charge in [0, 0.05) is 30.9 Å². The fourth-order valence-electron chi connectivity index (χ4n) is 1.69. The quantitative estimate of drug-likeness (QED) is 0.705. The molecular formula is C13H11N5O3. The van der Waals surface area contributed by atoms with Crippen LogP contribution in [0.3, 0.4) is 0 Å². The Morgan fingerprint density at radius 3 is 2.76 bits per heavy atom. The normalized spacial score (nSPS) is 10.6. The first-order valence-corrected chi connectivity index (χ1v) is 6.06. The molecular weight excluding hydrogens is 274 g/mol. The minimum atomic E-state index is -0.210. The Kier molecular flexibility index (Phi) is 3.19. The third-order valence-corrected chi connectivity index (χ3v) is 2.81. The highest BCUT2D eigenvalue weighted by Gasteiger charge is 2.13. The van der Waals surface area contributed by atoms with Gasteiger partial charge in [0.1, 0.15) is 5.69 Å². The van der Waals surface area contributed by atoms with Crippen molar-refractivity contribution in [2.75, 3.05) is 7.11 Å². The van der Waals surface area contributed by atoms with Gasteiger partial charge in [0.05, 0.1) is 7.11 Å². The van der Waals surface area contributed by atoms with Crippen molar-refractivity contribution in [3.63, 3.8) is 0 Å². The molecule has 3 aromatic rings. The van der Waals surface area contributed by atoms with E-state index in [0.29, 0.717) is 23.0 Å². The molecule has 3 aromatic heterocycles. The van der Waals surface area contributed by atoms with E-state index in [1.54, 1.807) is 32.5 Å². The maximum atomic E-state index is 11.3. The van der Waals surface area contributed by atoms with Crippen LogP contribution in [0, 0.1) is 0 Å². The summed E-state index contributed by atoms with van der Waals surface area (Å²) in [6.45, 7) is 0. The summed E-state index contributed by atoms with van der Waals surface area (Å²) in [5.74, 6) is 1.12. The first-order chi connectivity index (χ1) is 10.2. The summed E-state index contributed by atoms with van der Waals surface area (Å²) in [5.41, 5.74) is 0.908. The number of pyridine rings is 1. The van der Waals surface area contributed by atoms with Crippen molar-refractivity contribution in [1.82, 2.24) is 24.9 Å². The number of aryl methyl sites for hydroxylation is 1. The summed E-state index contributed by atoms with van der Waals surface area (Å²) in [7, 11) is 3.09. The van der Waals surface area contributed by atoms with Crippen LogP contribution in [0.1, 0.15) is 0 Å². The molecule has 0 radical (unpaired) electrons. The summed E-state index contributed by atoms with van der Waals surface area (Å²) >= 11 is 0. The Hall–Kier alpha value is -3.03. The molecule has 0 saturated heterocycles. The van der Waals surface area contributed by atoms with E-state index in [2.05, 4.69) is 20.2 Å². The number of rotatable bonds is 3. The smallest absolute Gasteiger partial charge is 0.278 e. The van der Waals surface area contributed by atoms with E-state index in [-0.39, 0.29) is 11.4 Å². The monoisotopic (exact) mass is 285 g/mol. The Bertz CT molecular complexity index is 822. The van der Waals surface area contributed by atoms with Gasteiger partial charge in [0.2, 0.25) is 11.7 Å². The predicted molar refractivity (Wildman–Crippen MR) is 72.6 cm³/mol. The zero-order valence-corrected chi connectivity index (χ0v) is 11.3. The van der Waals surface area contributed by atoms with Crippen molar-refractivity contribution in [3.05, 3.63) is 40.8 Å². The Labute approximate surface area is 119 Å². The minimum absolute atomic E-state index is 0.210. The highest BCUT2D eigenvalue weighted by atomic mass is 16.5. The molecule has 0 aliphatic heterocycles. The maximum absolute atomic E-state index is 11.3. The van der Waals surface area contributed by atoms with Crippen molar-refractivity contribution in [1.29, 1.82) is 0 Å². The number of hydrogen-bond acceptors (Lipinski definition) is 7. The van der Waals surface area contributed by atoms with Gasteiger partial charge >= 0.3 is 0 Å². The van der Waals surface area contributed by atoms with Crippen molar-refractivity contribution < 1.29 is 9.26 Å². The Morgan fingerprint density at radius 2 is 2.10 bits per heavy atom. The summed E-state index contributed by atoms with van der Waals surface area (Å²) in [4.78, 5) is 19.6. The molecule has 0 fully saturated rings. The van der Waals surface area contributed by atoms with Gasteiger partial charge in [-0.3, -0.25) is 4.79 Å². The number of ether oxygens (including phenoxy) is 1. The molecule has 8 nitrogen and oxygen atoms in total. The van der Waals surface area contributed by atoms with Gasteiger partial charge in [0.25, 0.3) is 11.4 Å². The van der Waals surface area contributed by atoms with Crippen LogP contribution in [-0.4, -0.2) is 32.0 Å². The molecule has 0 N–H and O–H groups in total. The SMILES string of the molecule is COc1ccc(-c2noc(-c3ccc(=O)n(C)n3)n2)cn1. The molecule has 0 bridgehead atoms.